The molecule has 2 heterocycles. The second kappa shape index (κ2) is 7.94. The molecule has 4 nitrogen and oxygen atoms in total. The SMILES string of the molecule is CCCCNCc1sc(C2CCCO2)nc1COC. The number of aromatic nitrogens is 1. The number of nitrogens with zero attached hydrogens (tertiary/aromatic N) is 1. The molecule has 0 aromatic carbocycles. The van der Waals surface area contributed by atoms with Gasteiger partial charge in [0.1, 0.15) is 11.1 Å². The van der Waals surface area contributed by atoms with Crippen LogP contribution < -0.4 is 5.32 Å². The lowest BCUT2D eigenvalue weighted by atomic mass is 10.2. The van der Waals surface area contributed by atoms with Crippen LogP contribution in [0.1, 0.15) is 54.3 Å². The van der Waals surface area contributed by atoms with Gasteiger partial charge in [-0.15, -0.1) is 11.3 Å². The maximum Gasteiger partial charge on any atom is 0.122 e. The fraction of sp³-hybridized carbons (Fsp3) is 0.786. The monoisotopic (exact) mass is 284 g/mol. The molecule has 5 heteroatoms. The van der Waals surface area contributed by atoms with Crippen LogP contribution in [0.3, 0.4) is 0 Å². The van der Waals surface area contributed by atoms with E-state index in [9.17, 15) is 0 Å². The fourth-order valence-corrected chi connectivity index (χ4v) is 3.33. The Morgan fingerprint density at radius 3 is 3.11 bits per heavy atom. The molecule has 0 bridgehead atoms. The van der Waals surface area contributed by atoms with E-state index in [0.29, 0.717) is 6.61 Å². The molecule has 1 unspecified atom stereocenters. The summed E-state index contributed by atoms with van der Waals surface area (Å²) in [6.45, 7) is 5.63. The van der Waals surface area contributed by atoms with Crippen molar-refractivity contribution in [3.8, 4) is 0 Å². The third kappa shape index (κ3) is 4.24. The number of methoxy groups -OCH3 is 1. The molecule has 0 radical (unpaired) electrons. The minimum atomic E-state index is 0.213. The van der Waals surface area contributed by atoms with E-state index in [1.807, 2.05) is 0 Å². The van der Waals surface area contributed by atoms with Crippen LogP contribution in [0.4, 0.5) is 0 Å². The topological polar surface area (TPSA) is 43.4 Å². The second-order valence-electron chi connectivity index (χ2n) is 4.89. The highest BCUT2D eigenvalue weighted by Crippen LogP contribution is 2.33. The Hall–Kier alpha value is -0.490. The zero-order valence-corrected chi connectivity index (χ0v) is 12.7. The molecule has 1 aromatic rings. The molecule has 0 amide bonds. The van der Waals surface area contributed by atoms with E-state index in [1.165, 1.54) is 17.7 Å². The lowest BCUT2D eigenvalue weighted by molar-refractivity contribution is 0.111. The molecule has 1 N–H and O–H groups in total. The number of ether oxygens (including phenoxy) is 2. The average Bonchev–Trinajstić information content (AvgIpc) is 3.04. The lowest BCUT2D eigenvalue weighted by Crippen LogP contribution is -2.14. The normalized spacial score (nSPS) is 19.2. The molecule has 1 atom stereocenters. The molecule has 1 aromatic heterocycles. The fourth-order valence-electron chi connectivity index (χ4n) is 2.20. The van der Waals surface area contributed by atoms with E-state index >= 15 is 0 Å². The minimum Gasteiger partial charge on any atom is -0.378 e. The van der Waals surface area contributed by atoms with Crippen LogP contribution in [0.25, 0.3) is 0 Å². The Kier molecular flexibility index (Phi) is 6.23. The first-order valence-electron chi connectivity index (χ1n) is 7.15. The molecule has 0 spiro atoms. The van der Waals surface area contributed by atoms with Crippen molar-refractivity contribution < 1.29 is 9.47 Å². The average molecular weight is 284 g/mol. The summed E-state index contributed by atoms with van der Waals surface area (Å²) in [5, 5.41) is 4.60. The largest absolute Gasteiger partial charge is 0.378 e. The van der Waals surface area contributed by atoms with E-state index in [0.717, 1.165) is 43.2 Å². The summed E-state index contributed by atoms with van der Waals surface area (Å²) in [5.74, 6) is 0. The zero-order chi connectivity index (χ0) is 13.5. The van der Waals surface area contributed by atoms with Gasteiger partial charge in [0.2, 0.25) is 0 Å². The van der Waals surface area contributed by atoms with Gasteiger partial charge < -0.3 is 14.8 Å². The standard InChI is InChI=1S/C14H24N2O2S/c1-3-4-7-15-9-13-11(10-17-2)16-14(19-13)12-6-5-8-18-12/h12,15H,3-10H2,1-2H3. The van der Waals surface area contributed by atoms with Crippen LogP contribution in [0.15, 0.2) is 0 Å². The smallest absolute Gasteiger partial charge is 0.122 e. The van der Waals surface area contributed by atoms with Crippen LogP contribution in [0, 0.1) is 0 Å². The van der Waals surface area contributed by atoms with Gasteiger partial charge in [-0.3, -0.25) is 0 Å². The highest BCUT2D eigenvalue weighted by atomic mass is 32.1. The predicted octanol–water partition coefficient (Wildman–Crippen LogP) is 3.03. The van der Waals surface area contributed by atoms with Gasteiger partial charge >= 0.3 is 0 Å². The summed E-state index contributed by atoms with van der Waals surface area (Å²) >= 11 is 1.78. The minimum absolute atomic E-state index is 0.213. The molecule has 108 valence electrons. The Morgan fingerprint density at radius 1 is 1.53 bits per heavy atom. The Bertz CT molecular complexity index is 376. The summed E-state index contributed by atoms with van der Waals surface area (Å²) in [6.07, 6.45) is 4.90. The first-order valence-corrected chi connectivity index (χ1v) is 7.96. The highest BCUT2D eigenvalue weighted by molar-refractivity contribution is 7.11. The van der Waals surface area contributed by atoms with E-state index in [1.54, 1.807) is 18.4 Å². The molecular weight excluding hydrogens is 260 g/mol. The van der Waals surface area contributed by atoms with E-state index in [4.69, 9.17) is 14.5 Å². The van der Waals surface area contributed by atoms with Gasteiger partial charge in [-0.05, 0) is 25.8 Å². The number of unbranched alkanes of at least 4 members (excludes halogenated alkanes) is 1. The number of thiazole rings is 1. The number of rotatable bonds is 8. The van der Waals surface area contributed by atoms with Crippen molar-refractivity contribution in [3.63, 3.8) is 0 Å². The van der Waals surface area contributed by atoms with Gasteiger partial charge in [0.05, 0.1) is 12.3 Å². The van der Waals surface area contributed by atoms with E-state index < -0.39 is 0 Å². The Labute approximate surface area is 119 Å². The molecule has 2 rings (SSSR count). The molecule has 1 saturated heterocycles. The van der Waals surface area contributed by atoms with Gasteiger partial charge in [0.25, 0.3) is 0 Å². The molecule has 1 aliphatic rings. The quantitative estimate of drug-likeness (QED) is 0.745. The van der Waals surface area contributed by atoms with Gasteiger partial charge in [-0.25, -0.2) is 4.98 Å². The molecular formula is C14H24N2O2S. The first-order chi connectivity index (χ1) is 9.35. The van der Waals surface area contributed by atoms with E-state index in [-0.39, 0.29) is 6.10 Å². The summed E-state index contributed by atoms with van der Waals surface area (Å²) in [6, 6.07) is 0. The highest BCUT2D eigenvalue weighted by Gasteiger charge is 2.23. The molecule has 0 aliphatic carbocycles. The summed E-state index contributed by atoms with van der Waals surface area (Å²) in [7, 11) is 1.72. The molecule has 19 heavy (non-hydrogen) atoms. The Morgan fingerprint density at radius 2 is 2.42 bits per heavy atom. The van der Waals surface area contributed by atoms with Crippen LogP contribution in [0.2, 0.25) is 0 Å². The molecule has 0 saturated carbocycles. The number of nitrogens with one attached hydrogen (secondary N) is 1. The predicted molar refractivity (Wildman–Crippen MR) is 77.4 cm³/mol. The van der Waals surface area contributed by atoms with Crippen LogP contribution >= 0.6 is 11.3 Å². The van der Waals surface area contributed by atoms with Crippen molar-refractivity contribution in [2.75, 3.05) is 20.3 Å². The van der Waals surface area contributed by atoms with Crippen LogP contribution in [0.5, 0.6) is 0 Å². The second-order valence-corrected chi connectivity index (χ2v) is 6.00. The lowest BCUT2D eigenvalue weighted by Gasteiger charge is -2.03. The van der Waals surface area contributed by atoms with Crippen LogP contribution in [-0.4, -0.2) is 25.2 Å². The van der Waals surface area contributed by atoms with Crippen molar-refractivity contribution in [1.29, 1.82) is 0 Å². The van der Waals surface area contributed by atoms with Gasteiger partial charge in [-0.1, -0.05) is 13.3 Å². The van der Waals surface area contributed by atoms with Gasteiger partial charge in [0, 0.05) is 25.1 Å². The van der Waals surface area contributed by atoms with Crippen LogP contribution in [-0.2, 0) is 22.6 Å². The van der Waals surface area contributed by atoms with Crippen molar-refractivity contribution in [3.05, 3.63) is 15.6 Å². The molecule has 1 aliphatic heterocycles. The van der Waals surface area contributed by atoms with Crippen molar-refractivity contribution in [2.45, 2.75) is 51.9 Å². The zero-order valence-electron chi connectivity index (χ0n) is 11.9. The van der Waals surface area contributed by atoms with Crippen molar-refractivity contribution >= 4 is 11.3 Å². The third-order valence-electron chi connectivity index (χ3n) is 3.27. The first kappa shape index (κ1) is 14.9. The third-order valence-corrected chi connectivity index (χ3v) is 4.46. The van der Waals surface area contributed by atoms with Gasteiger partial charge in [-0.2, -0.15) is 0 Å². The Balaban J connectivity index is 1.97. The summed E-state index contributed by atoms with van der Waals surface area (Å²) in [5.41, 5.74) is 1.07. The van der Waals surface area contributed by atoms with Gasteiger partial charge in [0.15, 0.2) is 0 Å². The number of hydrogen-bond donors (Lipinski definition) is 1. The number of hydrogen-bond acceptors (Lipinski definition) is 5. The van der Waals surface area contributed by atoms with Crippen molar-refractivity contribution in [1.82, 2.24) is 10.3 Å². The van der Waals surface area contributed by atoms with E-state index in [2.05, 4.69) is 12.2 Å². The maximum atomic E-state index is 5.72. The summed E-state index contributed by atoms with van der Waals surface area (Å²) < 4.78 is 11.0. The maximum absolute atomic E-state index is 5.72. The molecule has 1 fully saturated rings. The van der Waals surface area contributed by atoms with Crippen molar-refractivity contribution in [2.24, 2.45) is 0 Å². The summed E-state index contributed by atoms with van der Waals surface area (Å²) in [4.78, 5) is 6.00.